The molecule has 0 fully saturated rings. The van der Waals surface area contributed by atoms with E-state index in [2.05, 4.69) is 19.2 Å². The molecule has 3 heteroatoms. The number of rotatable bonds is 6. The summed E-state index contributed by atoms with van der Waals surface area (Å²) in [6.45, 7) is 6.88. The summed E-state index contributed by atoms with van der Waals surface area (Å²) in [5.41, 5.74) is 2.25. The van der Waals surface area contributed by atoms with Gasteiger partial charge in [0, 0.05) is 0 Å². The topological polar surface area (TPSA) is 49.3 Å². The molecular weight excluding hydrogens is 214 g/mol. The summed E-state index contributed by atoms with van der Waals surface area (Å²) >= 11 is 0. The number of aliphatic carboxylic acids is 1. The quantitative estimate of drug-likeness (QED) is 0.795. The maximum atomic E-state index is 11.1. The van der Waals surface area contributed by atoms with E-state index in [1.54, 1.807) is 0 Å². The zero-order valence-corrected chi connectivity index (χ0v) is 10.7. The molecule has 2 N–H and O–H groups in total. The van der Waals surface area contributed by atoms with E-state index >= 15 is 0 Å². The maximum absolute atomic E-state index is 11.1. The van der Waals surface area contributed by atoms with E-state index < -0.39 is 12.0 Å². The molecule has 1 aromatic carbocycles. The van der Waals surface area contributed by atoms with Crippen LogP contribution in [0.4, 0.5) is 0 Å². The highest BCUT2D eigenvalue weighted by Crippen LogP contribution is 2.06. The van der Waals surface area contributed by atoms with Crippen molar-refractivity contribution in [1.82, 2.24) is 5.32 Å². The highest BCUT2D eigenvalue weighted by atomic mass is 16.4. The Balaban J connectivity index is 2.60. The van der Waals surface area contributed by atoms with Gasteiger partial charge >= 0.3 is 5.97 Å². The van der Waals surface area contributed by atoms with Gasteiger partial charge in [-0.2, -0.15) is 0 Å². The molecule has 3 nitrogen and oxygen atoms in total. The number of carboxylic acids is 1. The van der Waals surface area contributed by atoms with Crippen LogP contribution in [0.25, 0.3) is 0 Å². The molecule has 0 saturated heterocycles. The fourth-order valence-electron chi connectivity index (χ4n) is 1.58. The van der Waals surface area contributed by atoms with Crippen molar-refractivity contribution in [1.29, 1.82) is 0 Å². The molecule has 17 heavy (non-hydrogen) atoms. The Morgan fingerprint density at radius 2 is 1.88 bits per heavy atom. The summed E-state index contributed by atoms with van der Waals surface area (Å²) in [7, 11) is 0. The molecule has 1 aromatic rings. The summed E-state index contributed by atoms with van der Waals surface area (Å²) < 4.78 is 0. The lowest BCUT2D eigenvalue weighted by Crippen LogP contribution is -2.40. The molecular formula is C14H21NO2. The largest absolute Gasteiger partial charge is 0.480 e. The summed E-state index contributed by atoms with van der Waals surface area (Å²) in [5, 5.41) is 12.2. The predicted molar refractivity (Wildman–Crippen MR) is 69.1 cm³/mol. The Hall–Kier alpha value is -1.35. The normalized spacial score (nSPS) is 12.7. The van der Waals surface area contributed by atoms with Crippen molar-refractivity contribution in [3.05, 3.63) is 35.4 Å². The van der Waals surface area contributed by atoms with Crippen LogP contribution in [-0.2, 0) is 11.2 Å². The first-order chi connectivity index (χ1) is 7.99. The lowest BCUT2D eigenvalue weighted by molar-refractivity contribution is -0.139. The van der Waals surface area contributed by atoms with Crippen LogP contribution in [-0.4, -0.2) is 23.7 Å². The van der Waals surface area contributed by atoms with Crippen molar-refractivity contribution >= 4 is 5.97 Å². The minimum Gasteiger partial charge on any atom is -0.480 e. The standard InChI is InChI=1S/C14H21NO2/c1-10(2)9-15-13(14(16)17)8-12-6-4-11(3)5-7-12/h4-7,10,13,15H,8-9H2,1-3H3,(H,16,17)/t13-/m0/s1. The second-order valence-electron chi connectivity index (χ2n) is 4.88. The van der Waals surface area contributed by atoms with Crippen LogP contribution in [0, 0.1) is 12.8 Å². The average molecular weight is 235 g/mol. The lowest BCUT2D eigenvalue weighted by atomic mass is 10.0. The molecule has 0 spiro atoms. The predicted octanol–water partition coefficient (Wildman–Crippen LogP) is 2.24. The molecule has 0 heterocycles. The molecule has 0 aliphatic rings. The van der Waals surface area contributed by atoms with Crippen LogP contribution in [0.2, 0.25) is 0 Å². The number of hydrogen-bond donors (Lipinski definition) is 2. The number of carbonyl (C=O) groups is 1. The summed E-state index contributed by atoms with van der Waals surface area (Å²) in [4.78, 5) is 11.1. The van der Waals surface area contributed by atoms with Crippen molar-refractivity contribution in [3.63, 3.8) is 0 Å². The summed E-state index contributed by atoms with van der Waals surface area (Å²) in [6, 6.07) is 7.50. The van der Waals surface area contributed by atoms with Gasteiger partial charge in [-0.15, -0.1) is 0 Å². The molecule has 0 unspecified atom stereocenters. The number of hydrogen-bond acceptors (Lipinski definition) is 2. The monoisotopic (exact) mass is 235 g/mol. The van der Waals surface area contributed by atoms with Crippen molar-refractivity contribution in [2.24, 2.45) is 5.92 Å². The van der Waals surface area contributed by atoms with Gasteiger partial charge in [0.05, 0.1) is 0 Å². The molecule has 0 aliphatic carbocycles. The van der Waals surface area contributed by atoms with E-state index in [1.165, 1.54) is 5.56 Å². The smallest absolute Gasteiger partial charge is 0.321 e. The highest BCUT2D eigenvalue weighted by molar-refractivity contribution is 5.73. The number of carboxylic acid groups (broad SMARTS) is 1. The Labute approximate surface area is 103 Å². The fourth-order valence-corrected chi connectivity index (χ4v) is 1.58. The van der Waals surface area contributed by atoms with Gasteiger partial charge in [-0.1, -0.05) is 43.7 Å². The summed E-state index contributed by atoms with van der Waals surface area (Å²) in [5.74, 6) is -0.332. The molecule has 0 saturated carbocycles. The molecule has 0 aliphatic heterocycles. The molecule has 1 rings (SSSR count). The highest BCUT2D eigenvalue weighted by Gasteiger charge is 2.17. The maximum Gasteiger partial charge on any atom is 0.321 e. The van der Waals surface area contributed by atoms with Gasteiger partial charge < -0.3 is 10.4 Å². The van der Waals surface area contributed by atoms with Crippen molar-refractivity contribution in [2.75, 3.05) is 6.54 Å². The third-order valence-electron chi connectivity index (χ3n) is 2.63. The van der Waals surface area contributed by atoms with Gasteiger partial charge in [-0.3, -0.25) is 4.79 Å². The SMILES string of the molecule is Cc1ccc(C[C@H](NCC(C)C)C(=O)O)cc1. The van der Waals surface area contributed by atoms with E-state index in [0.29, 0.717) is 12.3 Å². The molecule has 94 valence electrons. The minimum atomic E-state index is -0.786. The van der Waals surface area contributed by atoms with Gasteiger partial charge in [0.1, 0.15) is 6.04 Å². The third kappa shape index (κ3) is 5.00. The van der Waals surface area contributed by atoms with Gasteiger partial charge in [-0.05, 0) is 31.4 Å². The Morgan fingerprint density at radius 1 is 1.29 bits per heavy atom. The number of nitrogens with one attached hydrogen (secondary N) is 1. The van der Waals surface area contributed by atoms with Crippen molar-refractivity contribution in [2.45, 2.75) is 33.2 Å². The fraction of sp³-hybridized carbons (Fsp3) is 0.500. The van der Waals surface area contributed by atoms with Gasteiger partial charge in [0.25, 0.3) is 0 Å². The third-order valence-corrected chi connectivity index (χ3v) is 2.63. The Bertz CT molecular complexity index is 357. The van der Waals surface area contributed by atoms with Gasteiger partial charge in [-0.25, -0.2) is 0 Å². The summed E-state index contributed by atoms with van der Waals surface area (Å²) in [6.07, 6.45) is 0.530. The zero-order valence-electron chi connectivity index (χ0n) is 10.7. The zero-order chi connectivity index (χ0) is 12.8. The van der Waals surface area contributed by atoms with Gasteiger partial charge in [0.2, 0.25) is 0 Å². The van der Waals surface area contributed by atoms with Gasteiger partial charge in [0.15, 0.2) is 0 Å². The first-order valence-corrected chi connectivity index (χ1v) is 6.00. The molecule has 0 radical (unpaired) electrons. The van der Waals surface area contributed by atoms with E-state index in [-0.39, 0.29) is 0 Å². The molecule has 0 aromatic heterocycles. The molecule has 1 atom stereocenters. The number of aryl methyl sites for hydroxylation is 1. The minimum absolute atomic E-state index is 0.454. The van der Waals surface area contributed by atoms with E-state index in [4.69, 9.17) is 5.11 Å². The van der Waals surface area contributed by atoms with Crippen LogP contribution >= 0.6 is 0 Å². The first kappa shape index (κ1) is 13.7. The molecule has 0 bridgehead atoms. The number of benzene rings is 1. The van der Waals surface area contributed by atoms with Crippen LogP contribution in [0.5, 0.6) is 0 Å². The van der Waals surface area contributed by atoms with Crippen LogP contribution < -0.4 is 5.32 Å². The lowest BCUT2D eigenvalue weighted by Gasteiger charge is -2.16. The van der Waals surface area contributed by atoms with Crippen molar-refractivity contribution < 1.29 is 9.90 Å². The second-order valence-corrected chi connectivity index (χ2v) is 4.88. The Kier molecular flexibility index (Phi) is 5.16. The van der Waals surface area contributed by atoms with E-state index in [0.717, 1.165) is 12.1 Å². The Morgan fingerprint density at radius 3 is 2.35 bits per heavy atom. The first-order valence-electron chi connectivity index (χ1n) is 6.00. The van der Waals surface area contributed by atoms with Crippen LogP contribution in [0.3, 0.4) is 0 Å². The van der Waals surface area contributed by atoms with Crippen LogP contribution in [0.1, 0.15) is 25.0 Å². The second kappa shape index (κ2) is 6.40. The van der Waals surface area contributed by atoms with Crippen LogP contribution in [0.15, 0.2) is 24.3 Å². The molecule has 0 amide bonds. The average Bonchev–Trinajstić information content (AvgIpc) is 2.26. The van der Waals surface area contributed by atoms with E-state index in [9.17, 15) is 4.79 Å². The van der Waals surface area contributed by atoms with E-state index in [1.807, 2.05) is 31.2 Å². The van der Waals surface area contributed by atoms with Crippen molar-refractivity contribution in [3.8, 4) is 0 Å².